The number of pyridine rings is 1. The zero-order valence-electron chi connectivity index (χ0n) is 13.3. The number of ether oxygens (including phenoxy) is 1. The van der Waals surface area contributed by atoms with Gasteiger partial charge in [-0.3, -0.25) is 4.98 Å². The average Bonchev–Trinajstić information content (AvgIpc) is 2.94. The highest BCUT2D eigenvalue weighted by Gasteiger charge is 2.42. The molecule has 0 aromatic carbocycles. The minimum absolute atomic E-state index is 0.185. The number of hydrogen-bond acceptors (Lipinski definition) is 5. The van der Waals surface area contributed by atoms with Crippen LogP contribution >= 0.6 is 0 Å². The van der Waals surface area contributed by atoms with Gasteiger partial charge in [0.15, 0.2) is 0 Å². The van der Waals surface area contributed by atoms with Gasteiger partial charge in [-0.2, -0.15) is 0 Å². The molecule has 1 aromatic heterocycles. The van der Waals surface area contributed by atoms with Crippen molar-refractivity contribution in [2.45, 2.75) is 26.4 Å². The maximum atomic E-state index is 12.1. The van der Waals surface area contributed by atoms with Crippen LogP contribution in [0.3, 0.4) is 0 Å². The van der Waals surface area contributed by atoms with E-state index in [2.05, 4.69) is 9.88 Å². The summed E-state index contributed by atoms with van der Waals surface area (Å²) in [5, 5.41) is 9.54. The number of rotatable bonds is 1. The number of hydrogen-bond donors (Lipinski definition) is 1. The van der Waals surface area contributed by atoms with E-state index in [-0.39, 0.29) is 11.8 Å². The van der Waals surface area contributed by atoms with Crippen LogP contribution in [0.25, 0.3) is 0 Å². The van der Waals surface area contributed by atoms with E-state index in [1.807, 2.05) is 25.7 Å². The summed E-state index contributed by atoms with van der Waals surface area (Å²) in [5.74, 6) is 1.09. The van der Waals surface area contributed by atoms with Crippen LogP contribution in [0.15, 0.2) is 18.5 Å². The summed E-state index contributed by atoms with van der Waals surface area (Å²) >= 11 is 0. The Balaban J connectivity index is 1.60. The van der Waals surface area contributed by atoms with Gasteiger partial charge in [-0.25, -0.2) is 4.79 Å². The van der Waals surface area contributed by atoms with Crippen molar-refractivity contribution in [3.63, 3.8) is 0 Å². The minimum Gasteiger partial charge on any atom is -0.506 e. The second-order valence-corrected chi connectivity index (χ2v) is 7.21. The van der Waals surface area contributed by atoms with Crippen LogP contribution in [0, 0.1) is 11.8 Å². The number of carbonyl (C=O) groups is 1. The molecule has 6 heteroatoms. The van der Waals surface area contributed by atoms with Crippen molar-refractivity contribution in [1.29, 1.82) is 0 Å². The normalized spacial score (nSPS) is 24.5. The molecule has 0 radical (unpaired) electrons. The first kappa shape index (κ1) is 14.9. The molecule has 3 rings (SSSR count). The molecule has 6 nitrogen and oxygen atoms in total. The number of amides is 1. The first-order chi connectivity index (χ1) is 10.3. The molecule has 2 aliphatic heterocycles. The maximum Gasteiger partial charge on any atom is 0.410 e. The lowest BCUT2D eigenvalue weighted by molar-refractivity contribution is 0.0282. The van der Waals surface area contributed by atoms with Crippen LogP contribution in [0.5, 0.6) is 5.75 Å². The molecule has 0 aliphatic carbocycles. The molecule has 2 fully saturated rings. The van der Waals surface area contributed by atoms with Gasteiger partial charge < -0.3 is 19.6 Å². The second-order valence-electron chi connectivity index (χ2n) is 7.21. The van der Waals surface area contributed by atoms with Crippen LogP contribution in [0.2, 0.25) is 0 Å². The number of aromatic hydroxyl groups is 1. The number of anilines is 1. The lowest BCUT2D eigenvalue weighted by Crippen LogP contribution is -2.37. The Morgan fingerprint density at radius 3 is 2.41 bits per heavy atom. The fourth-order valence-electron chi connectivity index (χ4n) is 3.27. The highest BCUT2D eigenvalue weighted by atomic mass is 16.6. The fourth-order valence-corrected chi connectivity index (χ4v) is 3.27. The zero-order valence-corrected chi connectivity index (χ0v) is 13.3. The molecule has 22 heavy (non-hydrogen) atoms. The van der Waals surface area contributed by atoms with Crippen LogP contribution in [0.1, 0.15) is 20.8 Å². The standard InChI is InChI=1S/C16H23N3O3/c1-16(2,3)22-15(21)19-9-11-7-18(8-12(11)10-19)13-4-14(20)6-17-5-13/h4-6,11-12,20H,7-10H2,1-3H3/t11-,12+. The SMILES string of the molecule is CC(C)(C)OC(=O)N1C[C@@H]2CN(c3cncc(O)c3)C[C@@H]2C1. The third-order valence-electron chi connectivity index (χ3n) is 4.21. The summed E-state index contributed by atoms with van der Waals surface area (Å²) in [6, 6.07) is 1.74. The molecule has 1 N–H and O–H groups in total. The molecule has 1 aromatic rings. The summed E-state index contributed by atoms with van der Waals surface area (Å²) in [6.07, 6.45) is 2.99. The van der Waals surface area contributed by atoms with Gasteiger partial charge in [-0.05, 0) is 20.8 Å². The molecule has 0 unspecified atom stereocenters. The first-order valence-corrected chi connectivity index (χ1v) is 7.69. The van der Waals surface area contributed by atoms with Crippen molar-refractivity contribution in [1.82, 2.24) is 9.88 Å². The summed E-state index contributed by atoms with van der Waals surface area (Å²) in [6.45, 7) is 8.91. The number of fused-ring (bicyclic) bond motifs is 1. The van der Waals surface area contributed by atoms with Crippen LogP contribution in [0.4, 0.5) is 10.5 Å². The average molecular weight is 305 g/mol. The van der Waals surface area contributed by atoms with E-state index in [0.717, 1.165) is 31.9 Å². The topological polar surface area (TPSA) is 65.9 Å². The monoisotopic (exact) mass is 305 g/mol. The van der Waals surface area contributed by atoms with Gasteiger partial charge in [0.2, 0.25) is 0 Å². The molecular formula is C16H23N3O3. The third-order valence-corrected chi connectivity index (χ3v) is 4.21. The van der Waals surface area contributed by atoms with Gasteiger partial charge in [0.1, 0.15) is 11.4 Å². The van der Waals surface area contributed by atoms with Crippen molar-refractivity contribution in [3.8, 4) is 5.75 Å². The van der Waals surface area contributed by atoms with Gasteiger partial charge in [0, 0.05) is 44.1 Å². The van der Waals surface area contributed by atoms with Crippen molar-refractivity contribution in [2.24, 2.45) is 11.8 Å². The Hall–Kier alpha value is -1.98. The van der Waals surface area contributed by atoms with Gasteiger partial charge in [0.25, 0.3) is 0 Å². The Kier molecular flexibility index (Phi) is 3.62. The number of aromatic nitrogens is 1. The van der Waals surface area contributed by atoms with E-state index >= 15 is 0 Å². The largest absolute Gasteiger partial charge is 0.506 e. The molecule has 2 aliphatic rings. The summed E-state index contributed by atoms with van der Waals surface area (Å²) < 4.78 is 5.44. The Bertz CT molecular complexity index is 556. The molecule has 0 bridgehead atoms. The van der Waals surface area contributed by atoms with Crippen LogP contribution < -0.4 is 4.90 Å². The molecule has 3 heterocycles. The predicted molar refractivity (Wildman–Crippen MR) is 82.9 cm³/mol. The summed E-state index contributed by atoms with van der Waals surface area (Å²) in [4.78, 5) is 20.2. The summed E-state index contributed by atoms with van der Waals surface area (Å²) in [7, 11) is 0. The molecule has 0 spiro atoms. The van der Waals surface area contributed by atoms with E-state index in [0.29, 0.717) is 11.8 Å². The molecule has 120 valence electrons. The molecule has 2 atom stereocenters. The quantitative estimate of drug-likeness (QED) is 0.860. The van der Waals surface area contributed by atoms with Crippen molar-refractivity contribution < 1.29 is 14.6 Å². The number of carbonyl (C=O) groups excluding carboxylic acids is 1. The third kappa shape index (κ3) is 3.10. The van der Waals surface area contributed by atoms with E-state index < -0.39 is 5.60 Å². The van der Waals surface area contributed by atoms with Crippen LogP contribution in [-0.4, -0.2) is 52.9 Å². The minimum atomic E-state index is -0.450. The highest BCUT2D eigenvalue weighted by Crippen LogP contribution is 2.35. The van der Waals surface area contributed by atoms with Crippen LogP contribution in [-0.2, 0) is 4.74 Å². The van der Waals surface area contributed by atoms with Gasteiger partial charge in [-0.15, -0.1) is 0 Å². The van der Waals surface area contributed by atoms with Gasteiger partial charge in [-0.1, -0.05) is 0 Å². The zero-order chi connectivity index (χ0) is 15.9. The van der Waals surface area contributed by atoms with Gasteiger partial charge >= 0.3 is 6.09 Å². The molecule has 0 saturated carbocycles. The predicted octanol–water partition coefficient (Wildman–Crippen LogP) is 2.09. The molecule has 2 saturated heterocycles. The number of nitrogens with zero attached hydrogens (tertiary/aromatic N) is 3. The lowest BCUT2D eigenvalue weighted by Gasteiger charge is -2.26. The van der Waals surface area contributed by atoms with Crippen molar-refractivity contribution in [3.05, 3.63) is 18.5 Å². The summed E-state index contributed by atoms with van der Waals surface area (Å²) in [5.41, 5.74) is 0.492. The van der Waals surface area contributed by atoms with E-state index in [1.165, 1.54) is 6.20 Å². The Morgan fingerprint density at radius 2 is 1.86 bits per heavy atom. The van der Waals surface area contributed by atoms with E-state index in [4.69, 9.17) is 4.74 Å². The highest BCUT2D eigenvalue weighted by molar-refractivity contribution is 5.68. The number of likely N-dealkylation sites (tertiary alicyclic amines) is 1. The first-order valence-electron chi connectivity index (χ1n) is 7.69. The lowest BCUT2D eigenvalue weighted by atomic mass is 10.0. The smallest absolute Gasteiger partial charge is 0.410 e. The fraction of sp³-hybridized carbons (Fsp3) is 0.625. The van der Waals surface area contributed by atoms with Gasteiger partial charge in [0.05, 0.1) is 18.1 Å². The van der Waals surface area contributed by atoms with Crippen molar-refractivity contribution >= 4 is 11.8 Å². The molecular weight excluding hydrogens is 282 g/mol. The van der Waals surface area contributed by atoms with Crippen molar-refractivity contribution in [2.75, 3.05) is 31.1 Å². The Morgan fingerprint density at radius 1 is 1.23 bits per heavy atom. The maximum absolute atomic E-state index is 12.1. The van der Waals surface area contributed by atoms with E-state index in [9.17, 15) is 9.90 Å². The Labute approximate surface area is 130 Å². The molecule has 1 amide bonds. The van der Waals surface area contributed by atoms with E-state index in [1.54, 1.807) is 12.3 Å². The second kappa shape index (κ2) is 5.34.